The van der Waals surface area contributed by atoms with Gasteiger partial charge in [-0.05, 0) is 18.6 Å². The minimum atomic E-state index is -4.64. The van der Waals surface area contributed by atoms with Crippen LogP contribution in [-0.2, 0) is 26.2 Å². The molecule has 1 fully saturated rings. The van der Waals surface area contributed by atoms with Crippen molar-refractivity contribution >= 4 is 27.5 Å². The van der Waals surface area contributed by atoms with Crippen LogP contribution in [0.4, 0.5) is 5.69 Å². The van der Waals surface area contributed by atoms with E-state index in [1.165, 1.54) is 25.3 Å². The molecule has 1 aliphatic heterocycles. The summed E-state index contributed by atoms with van der Waals surface area (Å²) >= 11 is 0. The number of amides is 2. The van der Waals surface area contributed by atoms with Gasteiger partial charge in [0.25, 0.3) is 27.2 Å². The fourth-order valence-corrected chi connectivity index (χ4v) is 5.64. The second kappa shape index (κ2) is 9.81. The highest BCUT2D eigenvalue weighted by molar-refractivity contribution is 7.89. The molecule has 1 unspecified atom stereocenters. The quantitative estimate of drug-likeness (QED) is 0.357. The number of carbonyl (C=O) groups is 2. The first kappa shape index (κ1) is 25.5. The van der Waals surface area contributed by atoms with E-state index in [2.05, 4.69) is 4.98 Å². The molecule has 1 saturated heterocycles. The third-order valence-electron chi connectivity index (χ3n) is 5.90. The van der Waals surface area contributed by atoms with Crippen molar-refractivity contribution < 1.29 is 22.9 Å². The van der Waals surface area contributed by atoms with Crippen molar-refractivity contribution in [2.45, 2.75) is 24.4 Å². The van der Waals surface area contributed by atoms with Gasteiger partial charge in [-0.3, -0.25) is 34.0 Å². The van der Waals surface area contributed by atoms with E-state index in [1.807, 2.05) is 0 Å². The van der Waals surface area contributed by atoms with Gasteiger partial charge in [0, 0.05) is 24.4 Å². The van der Waals surface area contributed by atoms with Gasteiger partial charge in [-0.15, -0.1) is 0 Å². The van der Waals surface area contributed by atoms with Crippen molar-refractivity contribution in [2.75, 3.05) is 13.1 Å². The van der Waals surface area contributed by atoms with Gasteiger partial charge < -0.3 is 4.90 Å². The molecule has 4 rings (SSSR count). The highest BCUT2D eigenvalue weighted by Gasteiger charge is 2.45. The monoisotopic (exact) mass is 527 g/mol. The highest BCUT2D eigenvalue weighted by atomic mass is 32.2. The maximum absolute atomic E-state index is 13.6. The third kappa shape index (κ3) is 4.78. The van der Waals surface area contributed by atoms with Crippen LogP contribution >= 0.6 is 0 Å². The number of sulfonamides is 1. The summed E-state index contributed by atoms with van der Waals surface area (Å²) in [6.45, 7) is 0.259. The minimum Gasteiger partial charge on any atom is -0.323 e. The Bertz CT molecular complexity index is 1610. The SMILES string of the molecule is Cc1cn(CC(=O)N2CCN(S(=O)(=O)c3ccccc3[N+](=O)[O-])C(=O)C2c2ccccc2)c(=O)[nH]c1=O. The van der Waals surface area contributed by atoms with Crippen molar-refractivity contribution in [2.24, 2.45) is 0 Å². The first-order valence-corrected chi connectivity index (χ1v) is 12.4. The smallest absolute Gasteiger partial charge is 0.323 e. The largest absolute Gasteiger partial charge is 0.328 e. The summed E-state index contributed by atoms with van der Waals surface area (Å²) in [6, 6.07) is 11.3. The van der Waals surface area contributed by atoms with Crippen LogP contribution in [0.5, 0.6) is 0 Å². The summed E-state index contributed by atoms with van der Waals surface area (Å²) in [5, 5.41) is 11.4. The predicted octanol–water partition coefficient (Wildman–Crippen LogP) is 0.554. The number of nitrogens with one attached hydrogen (secondary N) is 1. The van der Waals surface area contributed by atoms with Crippen LogP contribution in [0.25, 0.3) is 0 Å². The van der Waals surface area contributed by atoms with Crippen molar-refractivity contribution in [3.05, 3.63) is 103 Å². The number of para-hydroxylation sites is 1. The van der Waals surface area contributed by atoms with E-state index >= 15 is 0 Å². The number of H-pyrrole nitrogens is 1. The van der Waals surface area contributed by atoms with Crippen molar-refractivity contribution in [3.8, 4) is 0 Å². The van der Waals surface area contributed by atoms with E-state index in [0.29, 0.717) is 9.87 Å². The highest BCUT2D eigenvalue weighted by Crippen LogP contribution is 2.33. The van der Waals surface area contributed by atoms with Crippen LogP contribution in [0.3, 0.4) is 0 Å². The number of aryl methyl sites for hydroxylation is 1. The van der Waals surface area contributed by atoms with Crippen LogP contribution < -0.4 is 11.2 Å². The predicted molar refractivity (Wildman–Crippen MR) is 129 cm³/mol. The number of rotatable bonds is 6. The molecule has 3 aromatic rings. The Hall–Kier alpha value is -4.59. The number of nitro benzene ring substituents is 1. The fourth-order valence-electron chi connectivity index (χ4n) is 4.09. The second-order valence-electron chi connectivity index (χ2n) is 8.24. The molecular weight excluding hydrogens is 506 g/mol. The van der Waals surface area contributed by atoms with Gasteiger partial charge in [0.2, 0.25) is 5.91 Å². The van der Waals surface area contributed by atoms with E-state index in [-0.39, 0.29) is 12.1 Å². The number of nitro groups is 1. The average molecular weight is 528 g/mol. The number of nitrogens with zero attached hydrogens (tertiary/aromatic N) is 4. The number of aromatic nitrogens is 2. The topological polar surface area (TPSA) is 173 Å². The van der Waals surface area contributed by atoms with Crippen LogP contribution in [0.1, 0.15) is 17.2 Å². The summed E-state index contributed by atoms with van der Waals surface area (Å²) in [7, 11) is -4.64. The molecule has 0 spiro atoms. The van der Waals surface area contributed by atoms with Gasteiger partial charge in [0.15, 0.2) is 4.90 Å². The molecule has 13 nitrogen and oxygen atoms in total. The second-order valence-corrected chi connectivity index (χ2v) is 10.1. The van der Waals surface area contributed by atoms with Gasteiger partial charge in [-0.25, -0.2) is 17.5 Å². The lowest BCUT2D eigenvalue weighted by Crippen LogP contribution is -2.56. The van der Waals surface area contributed by atoms with Gasteiger partial charge >= 0.3 is 5.69 Å². The number of hydrogen-bond acceptors (Lipinski definition) is 8. The first-order chi connectivity index (χ1) is 17.5. The molecule has 0 bridgehead atoms. The summed E-state index contributed by atoms with van der Waals surface area (Å²) < 4.78 is 28.3. The molecule has 0 aliphatic carbocycles. The molecule has 1 aromatic heterocycles. The summed E-state index contributed by atoms with van der Waals surface area (Å²) in [6.07, 6.45) is 1.22. The lowest BCUT2D eigenvalue weighted by Gasteiger charge is -2.40. The Morgan fingerprint density at radius 1 is 1.05 bits per heavy atom. The molecule has 14 heteroatoms. The molecule has 192 valence electrons. The molecule has 37 heavy (non-hydrogen) atoms. The molecule has 0 radical (unpaired) electrons. The van der Waals surface area contributed by atoms with Crippen molar-refractivity contribution in [1.82, 2.24) is 18.8 Å². The van der Waals surface area contributed by atoms with Gasteiger partial charge in [0.1, 0.15) is 12.6 Å². The van der Waals surface area contributed by atoms with Crippen molar-refractivity contribution in [1.29, 1.82) is 0 Å². The number of aromatic amines is 1. The summed E-state index contributed by atoms with van der Waals surface area (Å²) in [5.74, 6) is -1.65. The van der Waals surface area contributed by atoms with E-state index in [1.54, 1.807) is 30.3 Å². The molecule has 0 saturated carbocycles. The molecule has 1 N–H and O–H groups in total. The van der Waals surface area contributed by atoms with Crippen LogP contribution in [0.15, 0.2) is 75.3 Å². The average Bonchev–Trinajstić information content (AvgIpc) is 2.87. The zero-order valence-corrected chi connectivity index (χ0v) is 20.3. The summed E-state index contributed by atoms with van der Waals surface area (Å²) in [5.41, 5.74) is -1.58. The minimum absolute atomic E-state index is 0.198. The zero-order chi connectivity index (χ0) is 26.9. The van der Waals surface area contributed by atoms with Gasteiger partial charge in [-0.2, -0.15) is 0 Å². The number of hydrogen-bond donors (Lipinski definition) is 1. The van der Waals surface area contributed by atoms with Crippen molar-refractivity contribution in [3.63, 3.8) is 0 Å². The fraction of sp³-hybridized carbons (Fsp3) is 0.217. The molecule has 2 aromatic carbocycles. The molecule has 1 atom stereocenters. The number of piperazine rings is 1. The Morgan fingerprint density at radius 3 is 2.38 bits per heavy atom. The standard InChI is InChI=1S/C23H21N5O8S/c1-15-13-25(23(32)24-21(15)30)14-19(29)26-11-12-27(22(31)20(26)16-7-3-2-4-8-16)37(35,36)18-10-6-5-9-17(18)28(33)34/h2-10,13,20H,11-12,14H2,1H3,(H,24,30,32). The summed E-state index contributed by atoms with van der Waals surface area (Å²) in [4.78, 5) is 63.9. The molecule has 2 heterocycles. The Morgan fingerprint density at radius 2 is 1.70 bits per heavy atom. The Labute approximate surface area is 209 Å². The molecule has 2 amide bonds. The van der Waals surface area contributed by atoms with Crippen LogP contribution in [0.2, 0.25) is 0 Å². The maximum atomic E-state index is 13.6. The van der Waals surface area contributed by atoms with E-state index in [0.717, 1.165) is 21.6 Å². The van der Waals surface area contributed by atoms with Gasteiger partial charge in [0.05, 0.1) is 11.5 Å². The Kier molecular flexibility index (Phi) is 6.76. The normalized spacial score (nSPS) is 16.0. The van der Waals surface area contributed by atoms with E-state index in [4.69, 9.17) is 0 Å². The van der Waals surface area contributed by atoms with E-state index < -0.39 is 67.7 Å². The maximum Gasteiger partial charge on any atom is 0.328 e. The Balaban J connectivity index is 1.73. The lowest BCUT2D eigenvalue weighted by atomic mass is 10.0. The lowest BCUT2D eigenvalue weighted by molar-refractivity contribution is -0.387. The van der Waals surface area contributed by atoms with Crippen LogP contribution in [0, 0.1) is 17.0 Å². The third-order valence-corrected chi connectivity index (χ3v) is 7.74. The van der Waals surface area contributed by atoms with Gasteiger partial charge in [-0.1, -0.05) is 42.5 Å². The number of benzene rings is 2. The first-order valence-electron chi connectivity index (χ1n) is 11.0. The number of carbonyl (C=O) groups excluding carboxylic acids is 2. The molecule has 1 aliphatic rings. The van der Waals surface area contributed by atoms with E-state index in [9.17, 15) is 37.7 Å². The zero-order valence-electron chi connectivity index (χ0n) is 19.4. The van der Waals surface area contributed by atoms with Crippen LogP contribution in [-0.4, -0.2) is 57.0 Å². The molecular formula is C23H21N5O8S.